The largest absolute Gasteiger partial charge is 0.463 e. The third-order valence-electron chi connectivity index (χ3n) is 10.3. The predicted octanol–water partition coefficient (Wildman–Crippen LogP) is 4.56. The van der Waals surface area contributed by atoms with Crippen LogP contribution in [0.2, 0.25) is 0 Å². The number of nitriles is 1. The molecule has 9 heteroatoms. The lowest BCUT2D eigenvalue weighted by Crippen LogP contribution is -2.55. The van der Waals surface area contributed by atoms with Crippen molar-refractivity contribution in [2.24, 2.45) is 5.41 Å². The second-order valence-electron chi connectivity index (χ2n) is 12.9. The molecule has 3 fully saturated rings. The summed E-state index contributed by atoms with van der Waals surface area (Å²) in [5.74, 6) is 0.759. The van der Waals surface area contributed by atoms with Gasteiger partial charge in [0.2, 0.25) is 5.91 Å². The van der Waals surface area contributed by atoms with E-state index in [0.29, 0.717) is 44.8 Å². The fraction of sp³-hybridized carbons (Fsp3) is 0.486. The molecule has 2 saturated heterocycles. The minimum atomic E-state index is -0.224. The molecule has 44 heavy (non-hydrogen) atoms. The van der Waals surface area contributed by atoms with E-state index in [4.69, 9.17) is 14.7 Å². The molecule has 3 aliphatic heterocycles. The summed E-state index contributed by atoms with van der Waals surface area (Å²) < 4.78 is 6.53. The summed E-state index contributed by atoms with van der Waals surface area (Å²) in [6, 6.07) is 18.1. The Kier molecular flexibility index (Phi) is 7.63. The van der Waals surface area contributed by atoms with E-state index in [0.717, 1.165) is 36.6 Å². The van der Waals surface area contributed by atoms with Crippen molar-refractivity contribution in [1.82, 2.24) is 19.8 Å². The van der Waals surface area contributed by atoms with E-state index in [9.17, 15) is 10.1 Å². The summed E-state index contributed by atoms with van der Waals surface area (Å²) in [7, 11) is 2.24. The van der Waals surface area contributed by atoms with Crippen LogP contribution in [0.25, 0.3) is 10.8 Å². The molecule has 4 heterocycles. The maximum absolute atomic E-state index is 12.6. The Labute approximate surface area is 259 Å². The van der Waals surface area contributed by atoms with E-state index in [-0.39, 0.29) is 23.8 Å². The molecule has 3 aromatic rings. The molecule has 0 N–H and O–H groups in total. The summed E-state index contributed by atoms with van der Waals surface area (Å²) in [5, 5.41) is 12.0. The second-order valence-corrected chi connectivity index (χ2v) is 12.9. The highest BCUT2D eigenvalue weighted by Crippen LogP contribution is 2.53. The van der Waals surface area contributed by atoms with Crippen LogP contribution in [0.5, 0.6) is 6.01 Å². The quantitative estimate of drug-likeness (QED) is 0.353. The average molecular weight is 592 g/mol. The first-order chi connectivity index (χ1) is 21.5. The SMILES string of the molecule is C=CC(=O)N1CCN(c2nc(OCC3([C@H]4CCCN4C)CC3)nc3c2CCN(c2cccc4ccccc24)C3)C[C@@H]1CC#N. The molecule has 9 nitrogen and oxygen atoms in total. The number of hydrogen-bond acceptors (Lipinski definition) is 8. The van der Waals surface area contributed by atoms with Gasteiger partial charge in [-0.25, -0.2) is 0 Å². The first-order valence-corrected chi connectivity index (χ1v) is 16.0. The van der Waals surface area contributed by atoms with Crippen molar-refractivity contribution in [2.45, 2.75) is 57.2 Å². The molecule has 1 aliphatic carbocycles. The molecular formula is C35H41N7O2. The van der Waals surface area contributed by atoms with Crippen molar-refractivity contribution in [1.29, 1.82) is 5.26 Å². The molecule has 0 radical (unpaired) electrons. The number of carbonyl (C=O) groups excluding carboxylic acids is 1. The fourth-order valence-corrected chi connectivity index (χ4v) is 7.77. The highest BCUT2D eigenvalue weighted by Gasteiger charge is 2.52. The highest BCUT2D eigenvalue weighted by molar-refractivity contribution is 5.94. The number of fused-ring (bicyclic) bond motifs is 2. The zero-order chi connectivity index (χ0) is 30.3. The number of rotatable bonds is 8. The third kappa shape index (κ3) is 5.26. The molecule has 2 aromatic carbocycles. The van der Waals surface area contributed by atoms with Gasteiger partial charge in [-0.05, 0) is 63.2 Å². The van der Waals surface area contributed by atoms with E-state index in [2.05, 4.69) is 76.9 Å². The van der Waals surface area contributed by atoms with Crippen LogP contribution in [0.3, 0.4) is 0 Å². The molecule has 228 valence electrons. The Bertz CT molecular complexity index is 1610. The van der Waals surface area contributed by atoms with Crippen LogP contribution in [-0.4, -0.2) is 84.1 Å². The molecule has 1 aromatic heterocycles. The van der Waals surface area contributed by atoms with Crippen LogP contribution >= 0.6 is 0 Å². The molecule has 0 spiro atoms. The van der Waals surface area contributed by atoms with Gasteiger partial charge in [-0.1, -0.05) is 43.0 Å². The van der Waals surface area contributed by atoms with Crippen molar-refractivity contribution >= 4 is 28.2 Å². The Morgan fingerprint density at radius 1 is 1.11 bits per heavy atom. The van der Waals surface area contributed by atoms with E-state index in [1.807, 2.05) is 0 Å². The van der Waals surface area contributed by atoms with Crippen molar-refractivity contribution in [3.05, 3.63) is 66.4 Å². The lowest BCUT2D eigenvalue weighted by atomic mass is 9.95. The van der Waals surface area contributed by atoms with Crippen LogP contribution in [0.1, 0.15) is 43.4 Å². The van der Waals surface area contributed by atoms with Crippen molar-refractivity contribution in [3.63, 3.8) is 0 Å². The van der Waals surface area contributed by atoms with Crippen LogP contribution < -0.4 is 14.5 Å². The topological polar surface area (TPSA) is 88.8 Å². The molecular weight excluding hydrogens is 550 g/mol. The van der Waals surface area contributed by atoms with E-state index >= 15 is 0 Å². The van der Waals surface area contributed by atoms with E-state index in [1.165, 1.54) is 48.2 Å². The van der Waals surface area contributed by atoms with Gasteiger partial charge >= 0.3 is 6.01 Å². The Balaban J connectivity index is 1.21. The number of likely N-dealkylation sites (tertiary alicyclic amines) is 1. The van der Waals surface area contributed by atoms with Gasteiger partial charge < -0.3 is 24.3 Å². The van der Waals surface area contributed by atoms with E-state index in [1.54, 1.807) is 4.90 Å². The predicted molar refractivity (Wildman–Crippen MR) is 172 cm³/mol. The second kappa shape index (κ2) is 11.7. The van der Waals surface area contributed by atoms with Crippen LogP contribution in [-0.2, 0) is 17.8 Å². The van der Waals surface area contributed by atoms with Gasteiger partial charge in [-0.15, -0.1) is 0 Å². The van der Waals surface area contributed by atoms with Gasteiger partial charge in [0.05, 0.1) is 37.4 Å². The minimum Gasteiger partial charge on any atom is -0.463 e. The van der Waals surface area contributed by atoms with Crippen molar-refractivity contribution in [3.8, 4) is 12.1 Å². The maximum atomic E-state index is 12.6. The Hall–Kier alpha value is -4.16. The van der Waals surface area contributed by atoms with Gasteiger partial charge in [-0.2, -0.15) is 15.2 Å². The number of benzene rings is 2. The molecule has 1 saturated carbocycles. The first-order valence-electron chi connectivity index (χ1n) is 16.0. The molecule has 1 amide bonds. The molecule has 7 rings (SSSR count). The van der Waals surface area contributed by atoms with Crippen molar-refractivity contribution < 1.29 is 9.53 Å². The number of hydrogen-bond donors (Lipinski definition) is 0. The van der Waals surface area contributed by atoms with Gasteiger partial charge in [0.15, 0.2) is 0 Å². The number of ether oxygens (including phenoxy) is 1. The zero-order valence-corrected chi connectivity index (χ0v) is 25.6. The standard InChI is InChI=1S/C35H41N7O2/c1-3-32(43)42-21-20-41(22-26(42)13-17-36)33-28-14-19-40(30-11-6-9-25-8-4-5-10-27(25)30)23-29(28)37-34(38-33)44-24-35(15-16-35)31-12-7-18-39(31)2/h3-6,8-11,26,31H,1,7,12-16,18-24H2,2H3/t26-,31+/m0/s1. The summed E-state index contributed by atoms with van der Waals surface area (Å²) in [6.45, 7) is 8.67. The van der Waals surface area contributed by atoms with Gasteiger partial charge in [-0.3, -0.25) is 4.79 Å². The minimum absolute atomic E-state index is 0.129. The number of anilines is 2. The van der Waals surface area contributed by atoms with Gasteiger partial charge in [0, 0.05) is 54.3 Å². The van der Waals surface area contributed by atoms with Gasteiger partial charge in [0.25, 0.3) is 0 Å². The number of piperazine rings is 1. The fourth-order valence-electron chi connectivity index (χ4n) is 7.77. The lowest BCUT2D eigenvalue weighted by molar-refractivity contribution is -0.128. The van der Waals surface area contributed by atoms with E-state index < -0.39 is 0 Å². The summed E-state index contributed by atoms with van der Waals surface area (Å²) in [4.78, 5) is 31.7. The van der Waals surface area contributed by atoms with Crippen LogP contribution in [0.15, 0.2) is 55.1 Å². The highest BCUT2D eigenvalue weighted by atomic mass is 16.5. The average Bonchev–Trinajstić information content (AvgIpc) is 3.72. The van der Waals surface area contributed by atoms with Crippen LogP contribution in [0, 0.1) is 16.7 Å². The summed E-state index contributed by atoms with van der Waals surface area (Å²) >= 11 is 0. The first kappa shape index (κ1) is 28.6. The zero-order valence-electron chi connectivity index (χ0n) is 25.6. The summed E-state index contributed by atoms with van der Waals surface area (Å²) in [6.07, 6.45) is 7.25. The summed E-state index contributed by atoms with van der Waals surface area (Å²) in [5.41, 5.74) is 3.54. The number of aromatic nitrogens is 2. The van der Waals surface area contributed by atoms with Gasteiger partial charge in [0.1, 0.15) is 5.82 Å². The molecule has 2 atom stereocenters. The number of nitrogens with zero attached hydrogens (tertiary/aromatic N) is 7. The van der Waals surface area contributed by atoms with Crippen LogP contribution in [0.4, 0.5) is 11.5 Å². The molecule has 4 aliphatic rings. The van der Waals surface area contributed by atoms with Crippen molar-refractivity contribution in [2.75, 3.05) is 56.2 Å². The lowest BCUT2D eigenvalue weighted by Gasteiger charge is -2.42. The smallest absolute Gasteiger partial charge is 0.318 e. The monoisotopic (exact) mass is 591 g/mol. The Morgan fingerprint density at radius 2 is 1.95 bits per heavy atom. The number of carbonyl (C=O) groups is 1. The number of amides is 1. The normalized spacial score (nSPS) is 22.9. The molecule has 0 unspecified atom stereocenters. The Morgan fingerprint density at radius 3 is 2.73 bits per heavy atom. The maximum Gasteiger partial charge on any atom is 0.318 e. The third-order valence-corrected chi connectivity index (χ3v) is 10.3. The molecule has 0 bridgehead atoms.